The largest absolute Gasteiger partial charge is 0.373 e. The summed E-state index contributed by atoms with van der Waals surface area (Å²) in [7, 11) is 0. The zero-order chi connectivity index (χ0) is 9.47. The highest BCUT2D eigenvalue weighted by molar-refractivity contribution is 6.06. The molecule has 0 radical (unpaired) electrons. The van der Waals surface area contributed by atoms with Crippen molar-refractivity contribution >= 4 is 5.71 Å². The average molecular weight is 174 g/mol. The van der Waals surface area contributed by atoms with Crippen molar-refractivity contribution in [1.82, 2.24) is 5.32 Å². The molecule has 1 N–H and O–H groups in total. The quantitative estimate of drug-likeness (QED) is 0.598. The highest BCUT2D eigenvalue weighted by Gasteiger charge is 2.30. The third-order valence-corrected chi connectivity index (χ3v) is 2.60. The van der Waals surface area contributed by atoms with E-state index >= 15 is 0 Å². The van der Waals surface area contributed by atoms with Gasteiger partial charge in [-0.25, -0.2) is 0 Å². The first kappa shape index (κ1) is 8.30. The van der Waals surface area contributed by atoms with Gasteiger partial charge in [0.25, 0.3) is 0 Å². The summed E-state index contributed by atoms with van der Waals surface area (Å²) in [6, 6.07) is 0. The molecule has 0 saturated carbocycles. The van der Waals surface area contributed by atoms with Crippen molar-refractivity contribution < 1.29 is 0 Å². The van der Waals surface area contributed by atoms with E-state index in [9.17, 15) is 0 Å². The van der Waals surface area contributed by atoms with E-state index in [0.29, 0.717) is 0 Å². The number of hydrogen-bond donors (Lipinski definition) is 1. The Bertz CT molecular complexity index is 358. The minimum atomic E-state index is -0.0989. The number of rotatable bonds is 0. The summed E-state index contributed by atoms with van der Waals surface area (Å²) in [5.74, 6) is 0. The van der Waals surface area contributed by atoms with Crippen molar-refractivity contribution in [3.05, 3.63) is 35.7 Å². The van der Waals surface area contributed by atoms with Gasteiger partial charge < -0.3 is 5.32 Å². The second kappa shape index (κ2) is 2.59. The van der Waals surface area contributed by atoms with E-state index in [1.807, 2.05) is 13.0 Å². The molecule has 1 heterocycles. The molecule has 0 spiro atoms. The fourth-order valence-electron chi connectivity index (χ4n) is 1.66. The summed E-state index contributed by atoms with van der Waals surface area (Å²) in [5, 5.41) is 3.46. The molecule has 0 aromatic carbocycles. The fourth-order valence-corrected chi connectivity index (χ4v) is 1.66. The zero-order valence-corrected chi connectivity index (χ0v) is 8.26. The molecule has 0 bridgehead atoms. The molecule has 13 heavy (non-hydrogen) atoms. The summed E-state index contributed by atoms with van der Waals surface area (Å²) in [4.78, 5) is 4.55. The normalized spacial score (nSPS) is 31.2. The van der Waals surface area contributed by atoms with E-state index in [-0.39, 0.29) is 5.54 Å². The Kier molecular flexibility index (Phi) is 1.65. The summed E-state index contributed by atoms with van der Waals surface area (Å²) in [6.07, 6.45) is 8.28. The standard InChI is InChI=1S/C11H14N2/c1-8-9(2)13-11(3)7-5-4-6-10(11)12-8/h4-7,13H,1-3H3. The summed E-state index contributed by atoms with van der Waals surface area (Å²) in [5.41, 5.74) is 3.23. The Morgan fingerprint density at radius 3 is 2.85 bits per heavy atom. The number of nitrogens with one attached hydrogen (secondary N) is 1. The van der Waals surface area contributed by atoms with Gasteiger partial charge in [0.15, 0.2) is 0 Å². The monoisotopic (exact) mass is 174 g/mol. The van der Waals surface area contributed by atoms with Gasteiger partial charge in [-0.2, -0.15) is 0 Å². The van der Waals surface area contributed by atoms with Crippen LogP contribution in [0.25, 0.3) is 0 Å². The van der Waals surface area contributed by atoms with Gasteiger partial charge >= 0.3 is 0 Å². The molecular weight excluding hydrogens is 160 g/mol. The number of allylic oxidation sites excluding steroid dienone is 4. The summed E-state index contributed by atoms with van der Waals surface area (Å²) < 4.78 is 0. The highest BCUT2D eigenvalue weighted by Crippen LogP contribution is 2.23. The van der Waals surface area contributed by atoms with Crippen LogP contribution in [0.2, 0.25) is 0 Å². The molecule has 0 aromatic heterocycles. The maximum atomic E-state index is 4.55. The second-order valence-electron chi connectivity index (χ2n) is 3.75. The van der Waals surface area contributed by atoms with Crippen molar-refractivity contribution in [3.8, 4) is 0 Å². The van der Waals surface area contributed by atoms with E-state index in [0.717, 1.165) is 17.1 Å². The summed E-state index contributed by atoms with van der Waals surface area (Å²) >= 11 is 0. The predicted octanol–water partition coefficient (Wildman–Crippen LogP) is 2.17. The SMILES string of the molecule is CC1=C(C)NC2(C)C=CC=CC2=N1. The van der Waals surface area contributed by atoms with Gasteiger partial charge in [0.1, 0.15) is 0 Å². The van der Waals surface area contributed by atoms with E-state index in [2.05, 4.69) is 42.4 Å². The van der Waals surface area contributed by atoms with Crippen molar-refractivity contribution in [2.45, 2.75) is 26.3 Å². The van der Waals surface area contributed by atoms with Gasteiger partial charge in [0, 0.05) is 5.70 Å². The third-order valence-electron chi connectivity index (χ3n) is 2.60. The molecule has 0 saturated heterocycles. The molecular formula is C11H14N2. The van der Waals surface area contributed by atoms with Gasteiger partial charge in [-0.05, 0) is 26.8 Å². The molecule has 1 aliphatic heterocycles. The molecule has 0 aromatic rings. The van der Waals surface area contributed by atoms with Crippen LogP contribution in [0.4, 0.5) is 0 Å². The Balaban J connectivity index is 2.48. The molecule has 1 aliphatic carbocycles. The lowest BCUT2D eigenvalue weighted by Gasteiger charge is -2.34. The van der Waals surface area contributed by atoms with Gasteiger partial charge in [-0.15, -0.1) is 0 Å². The van der Waals surface area contributed by atoms with Crippen LogP contribution in [0.1, 0.15) is 20.8 Å². The lowest BCUT2D eigenvalue weighted by atomic mass is 9.89. The van der Waals surface area contributed by atoms with Crippen LogP contribution in [0.15, 0.2) is 40.7 Å². The smallest absolute Gasteiger partial charge is 0.0954 e. The van der Waals surface area contributed by atoms with Crippen molar-refractivity contribution in [2.75, 3.05) is 0 Å². The van der Waals surface area contributed by atoms with Crippen LogP contribution in [-0.4, -0.2) is 11.3 Å². The van der Waals surface area contributed by atoms with Crippen molar-refractivity contribution in [3.63, 3.8) is 0 Å². The number of aliphatic imine (C=N–C) groups is 1. The maximum Gasteiger partial charge on any atom is 0.0954 e. The summed E-state index contributed by atoms with van der Waals surface area (Å²) in [6.45, 7) is 6.23. The molecule has 1 atom stereocenters. The first-order valence-corrected chi connectivity index (χ1v) is 4.52. The van der Waals surface area contributed by atoms with Crippen molar-refractivity contribution in [2.24, 2.45) is 4.99 Å². The third kappa shape index (κ3) is 1.22. The lowest BCUT2D eigenvalue weighted by molar-refractivity contribution is 0.607. The number of fused-ring (bicyclic) bond motifs is 1. The average Bonchev–Trinajstić information content (AvgIpc) is 2.07. The van der Waals surface area contributed by atoms with Gasteiger partial charge in [-0.1, -0.05) is 18.2 Å². The van der Waals surface area contributed by atoms with E-state index in [1.54, 1.807) is 0 Å². The Morgan fingerprint density at radius 1 is 1.31 bits per heavy atom. The second-order valence-corrected chi connectivity index (χ2v) is 3.75. The molecule has 2 heteroatoms. The first-order valence-electron chi connectivity index (χ1n) is 4.52. The fraction of sp³-hybridized carbons (Fsp3) is 0.364. The Labute approximate surface area is 78.8 Å². The minimum Gasteiger partial charge on any atom is -0.373 e. The molecule has 0 amide bonds. The van der Waals surface area contributed by atoms with Crippen molar-refractivity contribution in [1.29, 1.82) is 0 Å². The first-order chi connectivity index (χ1) is 6.12. The number of nitrogens with zero attached hydrogens (tertiary/aromatic N) is 1. The lowest BCUT2D eigenvalue weighted by Crippen LogP contribution is -2.49. The zero-order valence-electron chi connectivity index (χ0n) is 8.26. The van der Waals surface area contributed by atoms with Crippen LogP contribution in [0, 0.1) is 0 Å². The van der Waals surface area contributed by atoms with Crippen LogP contribution in [-0.2, 0) is 0 Å². The molecule has 2 aliphatic rings. The Hall–Kier alpha value is -1.31. The Morgan fingerprint density at radius 2 is 2.08 bits per heavy atom. The van der Waals surface area contributed by atoms with E-state index < -0.39 is 0 Å². The van der Waals surface area contributed by atoms with E-state index in [4.69, 9.17) is 0 Å². The predicted molar refractivity (Wildman–Crippen MR) is 55.6 cm³/mol. The van der Waals surface area contributed by atoms with Crippen LogP contribution in [0.5, 0.6) is 0 Å². The van der Waals surface area contributed by atoms with Crippen LogP contribution < -0.4 is 5.32 Å². The van der Waals surface area contributed by atoms with E-state index in [1.165, 1.54) is 0 Å². The highest BCUT2D eigenvalue weighted by atomic mass is 15.1. The number of hydrogen-bond acceptors (Lipinski definition) is 2. The molecule has 2 nitrogen and oxygen atoms in total. The molecule has 2 rings (SSSR count). The van der Waals surface area contributed by atoms with Crippen LogP contribution >= 0.6 is 0 Å². The minimum absolute atomic E-state index is 0.0989. The van der Waals surface area contributed by atoms with Gasteiger partial charge in [0.05, 0.1) is 16.9 Å². The topological polar surface area (TPSA) is 24.4 Å². The van der Waals surface area contributed by atoms with Gasteiger partial charge in [-0.3, -0.25) is 4.99 Å². The molecule has 68 valence electrons. The van der Waals surface area contributed by atoms with Gasteiger partial charge in [0.2, 0.25) is 0 Å². The molecule has 0 fully saturated rings. The molecule has 1 unspecified atom stereocenters. The maximum absolute atomic E-state index is 4.55. The van der Waals surface area contributed by atoms with Crippen LogP contribution in [0.3, 0.4) is 0 Å².